The Morgan fingerprint density at radius 2 is 2.09 bits per heavy atom. The van der Waals surface area contributed by atoms with Gasteiger partial charge in [-0.15, -0.1) is 0 Å². The third-order valence-corrected chi connectivity index (χ3v) is 2.89. The summed E-state index contributed by atoms with van der Waals surface area (Å²) >= 11 is 0. The van der Waals surface area contributed by atoms with E-state index >= 15 is 0 Å². The van der Waals surface area contributed by atoms with Gasteiger partial charge in [-0.1, -0.05) is 18.2 Å². The van der Waals surface area contributed by atoms with Crippen LogP contribution in [0.3, 0.4) is 0 Å². The molecule has 2 aromatic rings. The first-order valence-electron chi connectivity index (χ1n) is 6.61. The number of hydrogen-bond donors (Lipinski definition) is 1. The summed E-state index contributed by atoms with van der Waals surface area (Å²) in [4.78, 5) is 26.4. The fourth-order valence-electron chi connectivity index (χ4n) is 1.84. The van der Waals surface area contributed by atoms with Crippen molar-refractivity contribution in [3.8, 4) is 6.07 Å². The van der Waals surface area contributed by atoms with Gasteiger partial charge in [-0.3, -0.25) is 14.9 Å². The monoisotopic (exact) mass is 308 g/mol. The van der Waals surface area contributed by atoms with E-state index in [0.717, 1.165) is 5.69 Å². The molecular weight excluding hydrogens is 296 g/mol. The summed E-state index contributed by atoms with van der Waals surface area (Å²) in [6, 6.07) is 12.6. The Balaban J connectivity index is 2.25. The Morgan fingerprint density at radius 1 is 1.35 bits per heavy atom. The maximum Gasteiger partial charge on any atom is 0.270 e. The van der Waals surface area contributed by atoms with Crippen molar-refractivity contribution in [2.24, 2.45) is 0 Å². The molecule has 0 aliphatic rings. The molecule has 0 radical (unpaired) electrons. The summed E-state index contributed by atoms with van der Waals surface area (Å²) in [5.74, 6) is -0.299. The predicted octanol–water partition coefficient (Wildman–Crippen LogP) is 2.84. The van der Waals surface area contributed by atoms with Crippen LogP contribution in [0.5, 0.6) is 0 Å². The maximum atomic E-state index is 12.1. The third-order valence-electron chi connectivity index (χ3n) is 2.89. The summed E-state index contributed by atoms with van der Waals surface area (Å²) in [7, 11) is 0. The first-order valence-corrected chi connectivity index (χ1v) is 6.61. The van der Waals surface area contributed by atoms with Crippen molar-refractivity contribution >= 4 is 23.5 Å². The molecule has 0 saturated heterocycles. The van der Waals surface area contributed by atoms with E-state index in [4.69, 9.17) is 5.26 Å². The number of carbonyl (C=O) groups excluding carboxylic acids is 1. The van der Waals surface area contributed by atoms with Crippen molar-refractivity contribution in [2.75, 3.05) is 5.32 Å². The van der Waals surface area contributed by atoms with E-state index in [1.807, 2.05) is 0 Å². The molecule has 2 rings (SSSR count). The summed E-state index contributed by atoms with van der Waals surface area (Å²) in [5, 5.41) is 22.4. The van der Waals surface area contributed by atoms with Crippen molar-refractivity contribution in [3.63, 3.8) is 0 Å². The second-order valence-electron chi connectivity index (χ2n) is 4.64. The zero-order chi connectivity index (χ0) is 16.8. The first-order chi connectivity index (χ1) is 11.0. The number of aryl methyl sites for hydroxylation is 1. The zero-order valence-corrected chi connectivity index (χ0v) is 12.2. The van der Waals surface area contributed by atoms with E-state index in [-0.39, 0.29) is 11.3 Å². The average molecular weight is 308 g/mol. The summed E-state index contributed by atoms with van der Waals surface area (Å²) in [5.41, 5.74) is 0.831. The smallest absolute Gasteiger partial charge is 0.270 e. The van der Waals surface area contributed by atoms with Crippen LogP contribution in [0.15, 0.2) is 48.0 Å². The van der Waals surface area contributed by atoms with Gasteiger partial charge in [0.05, 0.1) is 4.92 Å². The van der Waals surface area contributed by atoms with E-state index in [2.05, 4.69) is 10.3 Å². The second-order valence-corrected chi connectivity index (χ2v) is 4.64. The van der Waals surface area contributed by atoms with Gasteiger partial charge < -0.3 is 5.32 Å². The minimum atomic E-state index is -0.628. The van der Waals surface area contributed by atoms with Crippen molar-refractivity contribution in [3.05, 3.63) is 69.4 Å². The molecule has 0 atom stereocenters. The third kappa shape index (κ3) is 4.22. The number of aromatic nitrogens is 1. The lowest BCUT2D eigenvalue weighted by atomic mass is 10.1. The molecule has 0 fully saturated rings. The highest BCUT2D eigenvalue weighted by molar-refractivity contribution is 6.09. The van der Waals surface area contributed by atoms with Gasteiger partial charge in [-0.05, 0) is 30.7 Å². The van der Waals surface area contributed by atoms with E-state index in [9.17, 15) is 14.9 Å². The van der Waals surface area contributed by atoms with Crippen LogP contribution < -0.4 is 5.32 Å². The van der Waals surface area contributed by atoms with Crippen molar-refractivity contribution in [2.45, 2.75) is 6.92 Å². The van der Waals surface area contributed by atoms with Gasteiger partial charge in [0.25, 0.3) is 11.6 Å². The molecule has 1 aromatic heterocycles. The number of pyridine rings is 1. The average Bonchev–Trinajstić information content (AvgIpc) is 2.52. The Labute approximate surface area is 132 Å². The Kier molecular flexibility index (Phi) is 4.79. The number of carbonyl (C=O) groups is 1. The highest BCUT2D eigenvalue weighted by Crippen LogP contribution is 2.16. The largest absolute Gasteiger partial charge is 0.306 e. The SMILES string of the molecule is Cc1cccc(NC(=O)C(C#N)=Cc2cccc([N+](=O)[O-])c2)n1. The molecule has 0 aliphatic heterocycles. The van der Waals surface area contributed by atoms with Crippen LogP contribution in [0.2, 0.25) is 0 Å². The summed E-state index contributed by atoms with van der Waals surface area (Å²) in [6.45, 7) is 1.78. The number of rotatable bonds is 4. The van der Waals surface area contributed by atoms with E-state index in [1.54, 1.807) is 37.3 Å². The maximum absolute atomic E-state index is 12.1. The zero-order valence-electron chi connectivity index (χ0n) is 12.2. The van der Waals surface area contributed by atoms with Crippen LogP contribution in [-0.2, 0) is 4.79 Å². The lowest BCUT2D eigenvalue weighted by molar-refractivity contribution is -0.384. The van der Waals surface area contributed by atoms with Gasteiger partial charge in [0.1, 0.15) is 17.5 Å². The fraction of sp³-hybridized carbons (Fsp3) is 0.0625. The lowest BCUT2D eigenvalue weighted by Gasteiger charge is -2.04. The normalized spacial score (nSPS) is 10.7. The molecule has 0 aliphatic carbocycles. The molecule has 7 heteroatoms. The van der Waals surface area contributed by atoms with E-state index in [1.165, 1.54) is 24.3 Å². The van der Waals surface area contributed by atoms with Gasteiger partial charge >= 0.3 is 0 Å². The van der Waals surface area contributed by atoms with Crippen LogP contribution in [0.1, 0.15) is 11.3 Å². The van der Waals surface area contributed by atoms with Gasteiger partial charge in [-0.2, -0.15) is 5.26 Å². The van der Waals surface area contributed by atoms with Crippen LogP contribution in [0, 0.1) is 28.4 Å². The van der Waals surface area contributed by atoms with E-state index < -0.39 is 10.8 Å². The summed E-state index contributed by atoms with van der Waals surface area (Å²) in [6.07, 6.45) is 1.29. The number of amides is 1. The quantitative estimate of drug-likeness (QED) is 0.404. The molecule has 1 aromatic carbocycles. The molecule has 114 valence electrons. The lowest BCUT2D eigenvalue weighted by Crippen LogP contribution is -2.14. The van der Waals surface area contributed by atoms with Crippen molar-refractivity contribution < 1.29 is 9.72 Å². The molecule has 1 amide bonds. The first kappa shape index (κ1) is 15.9. The second kappa shape index (κ2) is 6.95. The molecular formula is C16H12N4O3. The molecule has 23 heavy (non-hydrogen) atoms. The predicted molar refractivity (Wildman–Crippen MR) is 84.3 cm³/mol. The van der Waals surface area contributed by atoms with Gasteiger partial charge in [-0.25, -0.2) is 4.98 Å². The Bertz CT molecular complexity index is 837. The van der Waals surface area contributed by atoms with Gasteiger partial charge in [0.15, 0.2) is 0 Å². The topological polar surface area (TPSA) is 109 Å². The Hall–Kier alpha value is -3.53. The molecule has 0 bridgehead atoms. The number of non-ortho nitro benzene ring substituents is 1. The minimum absolute atomic E-state index is 0.114. The number of anilines is 1. The number of nitriles is 1. The highest BCUT2D eigenvalue weighted by Gasteiger charge is 2.11. The number of nitro groups is 1. The van der Waals surface area contributed by atoms with Crippen LogP contribution in [-0.4, -0.2) is 15.8 Å². The van der Waals surface area contributed by atoms with E-state index in [0.29, 0.717) is 11.4 Å². The van der Waals surface area contributed by atoms with Crippen LogP contribution >= 0.6 is 0 Å². The fourth-order valence-corrected chi connectivity index (χ4v) is 1.84. The molecule has 7 nitrogen and oxygen atoms in total. The van der Waals surface area contributed by atoms with Crippen LogP contribution in [0.25, 0.3) is 6.08 Å². The van der Waals surface area contributed by atoms with Crippen molar-refractivity contribution in [1.29, 1.82) is 5.26 Å². The number of nitro benzene ring substituents is 1. The standard InChI is InChI=1S/C16H12N4O3/c1-11-4-2-7-15(18-11)19-16(21)13(10-17)8-12-5-3-6-14(9-12)20(22)23/h2-9H,1H3,(H,18,19,21). The number of nitrogens with one attached hydrogen (secondary N) is 1. The number of hydrogen-bond acceptors (Lipinski definition) is 5. The van der Waals surface area contributed by atoms with Crippen LogP contribution in [0.4, 0.5) is 11.5 Å². The minimum Gasteiger partial charge on any atom is -0.306 e. The van der Waals surface area contributed by atoms with Crippen molar-refractivity contribution in [1.82, 2.24) is 4.98 Å². The molecule has 0 unspecified atom stereocenters. The van der Waals surface area contributed by atoms with Gasteiger partial charge in [0, 0.05) is 17.8 Å². The van der Waals surface area contributed by atoms with Gasteiger partial charge in [0.2, 0.25) is 0 Å². The molecule has 1 N–H and O–H groups in total. The molecule has 0 saturated carbocycles. The highest BCUT2D eigenvalue weighted by atomic mass is 16.6. The number of benzene rings is 1. The molecule has 0 spiro atoms. The number of nitrogens with zero attached hydrogens (tertiary/aromatic N) is 3. The summed E-state index contributed by atoms with van der Waals surface area (Å²) < 4.78 is 0. The molecule has 1 heterocycles. The Morgan fingerprint density at radius 3 is 2.74 bits per heavy atom.